The van der Waals surface area contributed by atoms with E-state index in [4.69, 9.17) is 5.73 Å². The molecule has 1 saturated heterocycles. The van der Waals surface area contributed by atoms with E-state index in [1.165, 1.54) is 6.07 Å². The number of aromatic nitrogens is 1. The predicted molar refractivity (Wildman–Crippen MR) is 156 cm³/mol. The summed E-state index contributed by atoms with van der Waals surface area (Å²) in [5.74, 6) is -0.204. The fourth-order valence-corrected chi connectivity index (χ4v) is 5.11. The van der Waals surface area contributed by atoms with Gasteiger partial charge in [0.15, 0.2) is 0 Å². The second-order valence-electron chi connectivity index (χ2n) is 10.0. The fraction of sp³-hybridized carbons (Fsp3) is 0.226. The second kappa shape index (κ2) is 10.6. The van der Waals surface area contributed by atoms with Gasteiger partial charge in [-0.05, 0) is 68.7 Å². The highest BCUT2D eigenvalue weighted by Gasteiger charge is 2.22. The molecular weight excluding hydrogens is 474 g/mol. The summed E-state index contributed by atoms with van der Waals surface area (Å²) in [6.45, 7) is 5.93. The van der Waals surface area contributed by atoms with Crippen molar-refractivity contribution in [3.05, 3.63) is 90.9 Å². The number of carbonyl (C=O) groups is 1. The first-order valence-corrected chi connectivity index (χ1v) is 12.8. The molecule has 3 aromatic carbocycles. The molecule has 38 heavy (non-hydrogen) atoms. The van der Waals surface area contributed by atoms with Crippen LogP contribution in [0.2, 0.25) is 0 Å². The Morgan fingerprint density at radius 3 is 2.58 bits per heavy atom. The lowest BCUT2D eigenvalue weighted by molar-refractivity contribution is 0.103. The van der Waals surface area contributed by atoms with E-state index in [1.807, 2.05) is 42.5 Å². The van der Waals surface area contributed by atoms with Gasteiger partial charge in [0.05, 0.1) is 17.1 Å². The van der Waals surface area contributed by atoms with Crippen LogP contribution in [0.5, 0.6) is 5.75 Å². The van der Waals surface area contributed by atoms with Gasteiger partial charge in [-0.1, -0.05) is 30.8 Å². The number of nitrogens with zero attached hydrogens (tertiary/aromatic N) is 3. The van der Waals surface area contributed by atoms with E-state index in [0.717, 1.165) is 48.0 Å². The van der Waals surface area contributed by atoms with Crippen LogP contribution in [0.3, 0.4) is 0 Å². The fourth-order valence-electron chi connectivity index (χ4n) is 5.11. The number of nitrogen functional groups attached to an aromatic ring is 1. The van der Waals surface area contributed by atoms with Crippen molar-refractivity contribution in [2.45, 2.75) is 18.9 Å². The normalized spacial score (nSPS) is 14.1. The average molecular weight is 508 g/mol. The van der Waals surface area contributed by atoms with E-state index in [9.17, 15) is 9.90 Å². The number of aromatic hydroxyl groups is 1. The van der Waals surface area contributed by atoms with Gasteiger partial charge in [0.1, 0.15) is 5.75 Å². The number of piperidine rings is 1. The van der Waals surface area contributed by atoms with Gasteiger partial charge < -0.3 is 26.0 Å². The number of anilines is 3. The molecule has 0 spiro atoms. The molecule has 5 rings (SSSR count). The molecule has 4 aromatic rings. The maximum Gasteiger partial charge on any atom is 0.208 e. The molecule has 7 heteroatoms. The lowest BCUT2D eigenvalue weighted by Crippen LogP contribution is -2.42. The summed E-state index contributed by atoms with van der Waals surface area (Å²) in [5.41, 5.74) is 10.4. The van der Waals surface area contributed by atoms with Crippen molar-refractivity contribution >= 4 is 33.6 Å². The Hall–Kier alpha value is -4.36. The van der Waals surface area contributed by atoms with Crippen molar-refractivity contribution in [2.24, 2.45) is 0 Å². The number of carbonyl (C=O) groups excluding carboxylic acids is 1. The van der Waals surface area contributed by atoms with Crippen LogP contribution in [-0.4, -0.2) is 54.0 Å². The van der Waals surface area contributed by atoms with E-state index in [0.29, 0.717) is 28.5 Å². The Labute approximate surface area is 223 Å². The molecule has 2 heterocycles. The number of hydrogen-bond acceptors (Lipinski definition) is 7. The molecule has 7 nitrogen and oxygen atoms in total. The highest BCUT2D eigenvalue weighted by molar-refractivity contribution is 6.11. The third-order valence-corrected chi connectivity index (χ3v) is 7.37. The van der Waals surface area contributed by atoms with Gasteiger partial charge in [-0.25, -0.2) is 0 Å². The number of Topliss-reactive ketones (excluding diaryl/α,β-unsaturated/α-hetero) is 1. The molecule has 0 saturated carbocycles. The molecule has 0 aliphatic carbocycles. The summed E-state index contributed by atoms with van der Waals surface area (Å²) in [7, 11) is 4.26. The van der Waals surface area contributed by atoms with Gasteiger partial charge in [-0.15, -0.1) is 0 Å². The topological polar surface area (TPSA) is 94.7 Å². The van der Waals surface area contributed by atoms with Gasteiger partial charge in [-0.3, -0.25) is 9.78 Å². The maximum atomic E-state index is 13.4. The van der Waals surface area contributed by atoms with Gasteiger partial charge in [0.25, 0.3) is 0 Å². The maximum absolute atomic E-state index is 13.4. The van der Waals surface area contributed by atoms with Gasteiger partial charge in [0.2, 0.25) is 5.78 Å². The van der Waals surface area contributed by atoms with Crippen molar-refractivity contribution in [1.29, 1.82) is 0 Å². The van der Waals surface area contributed by atoms with Crippen LogP contribution in [0.1, 0.15) is 23.2 Å². The average Bonchev–Trinajstić information content (AvgIpc) is 2.94. The Bertz CT molecular complexity index is 1500. The summed E-state index contributed by atoms with van der Waals surface area (Å²) < 4.78 is 0. The molecule has 194 valence electrons. The van der Waals surface area contributed by atoms with Gasteiger partial charge in [0, 0.05) is 59.3 Å². The Morgan fingerprint density at radius 2 is 1.82 bits per heavy atom. The van der Waals surface area contributed by atoms with E-state index in [1.54, 1.807) is 24.5 Å². The third kappa shape index (κ3) is 5.06. The van der Waals surface area contributed by atoms with Crippen molar-refractivity contribution in [2.75, 3.05) is 43.1 Å². The number of fused-ring (bicyclic) bond motifs is 1. The van der Waals surface area contributed by atoms with Crippen LogP contribution >= 0.6 is 0 Å². The first-order chi connectivity index (χ1) is 18.3. The molecule has 1 fully saturated rings. The lowest BCUT2D eigenvalue weighted by atomic mass is 9.97. The molecule has 1 aliphatic heterocycles. The number of hydrogen-bond donors (Lipinski definition) is 3. The smallest absolute Gasteiger partial charge is 0.208 e. The van der Waals surface area contributed by atoms with Gasteiger partial charge in [-0.2, -0.15) is 0 Å². The number of phenolic OH excluding ortho intramolecular Hbond substituents is 1. The zero-order chi connectivity index (χ0) is 26.8. The molecule has 0 amide bonds. The number of allylic oxidation sites excluding steroid dienone is 1. The number of pyridine rings is 1. The van der Waals surface area contributed by atoms with Gasteiger partial charge >= 0.3 is 0 Å². The number of phenols is 1. The largest absolute Gasteiger partial charge is 0.507 e. The van der Waals surface area contributed by atoms with E-state index < -0.39 is 0 Å². The minimum absolute atomic E-state index is 0.0771. The Morgan fingerprint density at radius 1 is 1.05 bits per heavy atom. The lowest BCUT2D eigenvalue weighted by Gasteiger charge is -2.36. The summed E-state index contributed by atoms with van der Waals surface area (Å²) in [5, 5.41) is 15.7. The van der Waals surface area contributed by atoms with Crippen molar-refractivity contribution in [1.82, 2.24) is 9.88 Å². The quantitative estimate of drug-likeness (QED) is 0.172. The number of nitrogens with two attached hydrogens (primary N) is 1. The minimum atomic E-state index is -0.281. The molecular formula is C31H33N5O2. The van der Waals surface area contributed by atoms with E-state index >= 15 is 0 Å². The summed E-state index contributed by atoms with van der Waals surface area (Å²) in [4.78, 5) is 22.3. The van der Waals surface area contributed by atoms with E-state index in [-0.39, 0.29) is 17.2 Å². The van der Waals surface area contributed by atoms with Crippen LogP contribution in [0.25, 0.3) is 21.9 Å². The van der Waals surface area contributed by atoms with Crippen LogP contribution in [0.15, 0.2) is 85.3 Å². The zero-order valence-corrected chi connectivity index (χ0v) is 21.8. The molecule has 0 bridgehead atoms. The number of ketones is 1. The van der Waals surface area contributed by atoms with Crippen LogP contribution in [-0.2, 0) is 0 Å². The van der Waals surface area contributed by atoms with Crippen LogP contribution in [0.4, 0.5) is 17.1 Å². The van der Waals surface area contributed by atoms with Crippen molar-refractivity contribution < 1.29 is 9.90 Å². The standard InChI is InChI=1S/C31H33N5O2/c1-20(34-29-17-24(9-10-28(29)32)36-14-12-23(13-15-36)35(2)3)31(38)21-8-11-30(37)26(16-21)27-19-33-18-22-6-4-5-7-25(22)27/h4-11,16-19,23,34,37H,1,12-15,32H2,2-3H3. The summed E-state index contributed by atoms with van der Waals surface area (Å²) in [6.07, 6.45) is 5.67. The van der Waals surface area contributed by atoms with E-state index in [2.05, 4.69) is 40.8 Å². The minimum Gasteiger partial charge on any atom is -0.507 e. The molecule has 1 aliphatic rings. The third-order valence-electron chi connectivity index (χ3n) is 7.37. The number of benzene rings is 3. The summed E-state index contributed by atoms with van der Waals surface area (Å²) >= 11 is 0. The monoisotopic (exact) mass is 507 g/mol. The highest BCUT2D eigenvalue weighted by atomic mass is 16.3. The van der Waals surface area contributed by atoms with Crippen LogP contribution in [0, 0.1) is 0 Å². The molecule has 0 unspecified atom stereocenters. The zero-order valence-electron chi connectivity index (χ0n) is 21.8. The SMILES string of the molecule is C=C(Nc1cc(N2CCC(N(C)C)CC2)ccc1N)C(=O)c1ccc(O)c(-c2cncc3ccccc23)c1. The first-order valence-electron chi connectivity index (χ1n) is 12.8. The Kier molecular flexibility index (Phi) is 7.03. The molecule has 4 N–H and O–H groups in total. The molecule has 0 radical (unpaired) electrons. The second-order valence-corrected chi connectivity index (χ2v) is 10.0. The number of rotatable bonds is 7. The first kappa shape index (κ1) is 25.3. The number of nitrogens with one attached hydrogen (secondary N) is 1. The molecule has 1 aromatic heterocycles. The van der Waals surface area contributed by atoms with Crippen LogP contribution < -0.4 is 16.0 Å². The van der Waals surface area contributed by atoms with Crippen molar-refractivity contribution in [3.8, 4) is 16.9 Å². The highest BCUT2D eigenvalue weighted by Crippen LogP contribution is 2.35. The predicted octanol–water partition coefficient (Wildman–Crippen LogP) is 5.53. The summed E-state index contributed by atoms with van der Waals surface area (Å²) in [6, 6.07) is 19.1. The van der Waals surface area contributed by atoms with Crippen molar-refractivity contribution in [3.63, 3.8) is 0 Å². The Balaban J connectivity index is 1.36. The molecule has 0 atom stereocenters.